The molecule has 30 heavy (non-hydrogen) atoms. The predicted octanol–water partition coefficient (Wildman–Crippen LogP) is 4.95. The third-order valence-corrected chi connectivity index (χ3v) is 5.06. The summed E-state index contributed by atoms with van der Waals surface area (Å²) in [7, 11) is 0. The summed E-state index contributed by atoms with van der Waals surface area (Å²) in [6.45, 7) is 1.72. The molecule has 0 aliphatic rings. The largest absolute Gasteiger partial charge is 0.478 e. The van der Waals surface area contributed by atoms with Gasteiger partial charge < -0.3 is 14.8 Å². The van der Waals surface area contributed by atoms with E-state index in [4.69, 9.17) is 16.3 Å². The lowest BCUT2D eigenvalue weighted by molar-refractivity contribution is 0.0695. The minimum absolute atomic E-state index is 0.168. The lowest BCUT2D eigenvalue weighted by atomic mass is 10.1. The molecule has 0 atom stereocenters. The monoisotopic (exact) mass is 419 g/mol. The van der Waals surface area contributed by atoms with Crippen LogP contribution < -0.4 is 4.74 Å². The Balaban J connectivity index is 1.52. The van der Waals surface area contributed by atoms with Gasteiger partial charge in [0, 0.05) is 10.9 Å². The van der Waals surface area contributed by atoms with Crippen molar-refractivity contribution in [1.29, 1.82) is 0 Å². The van der Waals surface area contributed by atoms with Gasteiger partial charge in [-0.05, 0) is 42.8 Å². The number of rotatable bonds is 4. The van der Waals surface area contributed by atoms with Crippen LogP contribution in [0.3, 0.4) is 0 Å². The zero-order valence-electron chi connectivity index (χ0n) is 15.6. The van der Waals surface area contributed by atoms with Crippen molar-refractivity contribution >= 4 is 39.6 Å². The summed E-state index contributed by atoms with van der Waals surface area (Å²) in [6.07, 6.45) is 1.73. The number of nitrogens with zero attached hydrogens (tertiary/aromatic N) is 3. The number of ether oxygens (including phenoxy) is 1. The van der Waals surface area contributed by atoms with Crippen molar-refractivity contribution in [3.05, 3.63) is 64.8 Å². The number of nitrogens with one attached hydrogen (secondary N) is 2. The fourth-order valence-electron chi connectivity index (χ4n) is 3.24. The zero-order valence-corrected chi connectivity index (χ0v) is 16.4. The summed E-state index contributed by atoms with van der Waals surface area (Å²) in [5.41, 5.74) is 4.20. The van der Waals surface area contributed by atoms with E-state index in [9.17, 15) is 9.90 Å². The van der Waals surface area contributed by atoms with Gasteiger partial charge in [0.2, 0.25) is 0 Å². The highest BCUT2D eigenvalue weighted by molar-refractivity contribution is 6.33. The zero-order chi connectivity index (χ0) is 20.8. The van der Waals surface area contributed by atoms with E-state index in [0.717, 1.165) is 16.5 Å². The Hall–Kier alpha value is -3.91. The highest BCUT2D eigenvalue weighted by atomic mass is 35.5. The van der Waals surface area contributed by atoms with Crippen LogP contribution in [0.15, 0.2) is 48.7 Å². The molecule has 5 aromatic rings. The van der Waals surface area contributed by atoms with E-state index in [1.54, 1.807) is 31.3 Å². The van der Waals surface area contributed by atoms with Crippen LogP contribution in [0.5, 0.6) is 11.8 Å². The second-order valence-electron chi connectivity index (χ2n) is 6.79. The maximum absolute atomic E-state index is 11.3. The van der Waals surface area contributed by atoms with Crippen LogP contribution in [0.1, 0.15) is 15.9 Å². The van der Waals surface area contributed by atoms with Crippen LogP contribution in [-0.2, 0) is 0 Å². The fourth-order valence-corrected chi connectivity index (χ4v) is 3.50. The smallest absolute Gasteiger partial charge is 0.336 e. The Kier molecular flexibility index (Phi) is 4.14. The first kappa shape index (κ1) is 18.1. The molecule has 3 N–H and O–H groups in total. The van der Waals surface area contributed by atoms with Crippen molar-refractivity contribution < 1.29 is 14.6 Å². The summed E-state index contributed by atoms with van der Waals surface area (Å²) < 4.78 is 5.72. The maximum atomic E-state index is 11.3. The van der Waals surface area contributed by atoms with Gasteiger partial charge in [-0.15, -0.1) is 0 Å². The van der Waals surface area contributed by atoms with E-state index in [1.807, 2.05) is 18.2 Å². The van der Waals surface area contributed by atoms with Crippen molar-refractivity contribution in [2.75, 3.05) is 0 Å². The highest BCUT2D eigenvalue weighted by Gasteiger charge is 2.14. The maximum Gasteiger partial charge on any atom is 0.336 e. The first-order valence-electron chi connectivity index (χ1n) is 8.99. The van der Waals surface area contributed by atoms with E-state index in [0.29, 0.717) is 33.2 Å². The molecule has 0 bridgehead atoms. The number of aromatic amines is 2. The van der Waals surface area contributed by atoms with Crippen LogP contribution in [0.25, 0.3) is 33.3 Å². The molecule has 9 heteroatoms. The Morgan fingerprint density at radius 2 is 1.97 bits per heavy atom. The quantitative estimate of drug-likeness (QED) is 0.379. The molecule has 0 spiro atoms. The average molecular weight is 420 g/mol. The molecule has 2 aromatic carbocycles. The number of aryl methyl sites for hydroxylation is 1. The van der Waals surface area contributed by atoms with Crippen molar-refractivity contribution in [1.82, 2.24) is 25.1 Å². The number of halogens is 1. The molecular weight excluding hydrogens is 406 g/mol. The Morgan fingerprint density at radius 1 is 1.10 bits per heavy atom. The van der Waals surface area contributed by atoms with Crippen molar-refractivity contribution in [2.45, 2.75) is 6.92 Å². The van der Waals surface area contributed by atoms with Crippen LogP contribution in [0.4, 0.5) is 0 Å². The van der Waals surface area contributed by atoms with E-state index >= 15 is 0 Å². The van der Waals surface area contributed by atoms with E-state index < -0.39 is 5.97 Å². The Bertz CT molecular complexity index is 1440. The number of carboxylic acid groups (broad SMARTS) is 1. The van der Waals surface area contributed by atoms with Crippen molar-refractivity contribution in [3.63, 3.8) is 0 Å². The highest BCUT2D eigenvalue weighted by Crippen LogP contribution is 2.32. The molecule has 3 aromatic heterocycles. The molecule has 0 saturated carbocycles. The number of aromatic carboxylic acids is 1. The summed E-state index contributed by atoms with van der Waals surface area (Å²) in [6, 6.07) is 12.5. The van der Waals surface area contributed by atoms with E-state index in [2.05, 4.69) is 25.1 Å². The van der Waals surface area contributed by atoms with Crippen molar-refractivity contribution in [3.8, 4) is 23.0 Å². The lowest BCUT2D eigenvalue weighted by Gasteiger charge is -2.05. The van der Waals surface area contributed by atoms with Crippen LogP contribution in [0, 0.1) is 6.92 Å². The minimum atomic E-state index is -1.02. The molecule has 5 rings (SSSR count). The number of hydrogen-bond donors (Lipinski definition) is 3. The summed E-state index contributed by atoms with van der Waals surface area (Å²) >= 11 is 6.47. The molecule has 148 valence electrons. The molecule has 0 fully saturated rings. The van der Waals surface area contributed by atoms with Gasteiger partial charge in [0.1, 0.15) is 5.75 Å². The molecule has 8 nitrogen and oxygen atoms in total. The summed E-state index contributed by atoms with van der Waals surface area (Å²) in [4.78, 5) is 23.3. The average Bonchev–Trinajstić information content (AvgIpc) is 3.33. The minimum Gasteiger partial charge on any atom is -0.478 e. The predicted molar refractivity (Wildman–Crippen MR) is 112 cm³/mol. The van der Waals surface area contributed by atoms with Gasteiger partial charge in [0.25, 0.3) is 0 Å². The standard InChI is InChI=1S/C21H14ClN5O3/c1-10-2-4-13(7-14(10)20(28)29)30-21-24-17-8-15(22)18(25-19(17)26-21)11-3-5-16-12(6-11)9-23-27-16/h2-9H,1H3,(H,23,27)(H,28,29)(H,24,25,26). The van der Waals surface area contributed by atoms with Gasteiger partial charge in [-0.2, -0.15) is 10.1 Å². The number of H-pyrrole nitrogens is 2. The number of pyridine rings is 1. The molecule has 0 amide bonds. The SMILES string of the molecule is Cc1ccc(Oc2nc3nc(-c4ccc5[nH]ncc5c4)c(Cl)cc3[nH]2)cc1C(=O)O. The Labute approximate surface area is 174 Å². The third kappa shape index (κ3) is 3.13. The summed E-state index contributed by atoms with van der Waals surface area (Å²) in [5, 5.41) is 17.6. The van der Waals surface area contributed by atoms with Gasteiger partial charge in [-0.3, -0.25) is 5.10 Å². The second kappa shape index (κ2) is 6.85. The van der Waals surface area contributed by atoms with Gasteiger partial charge in [-0.25, -0.2) is 9.78 Å². The molecule has 3 heterocycles. The van der Waals surface area contributed by atoms with E-state index in [-0.39, 0.29) is 11.6 Å². The number of hydrogen-bond acceptors (Lipinski definition) is 5. The van der Waals surface area contributed by atoms with Gasteiger partial charge >= 0.3 is 12.0 Å². The second-order valence-corrected chi connectivity index (χ2v) is 7.20. The van der Waals surface area contributed by atoms with Crippen LogP contribution >= 0.6 is 11.6 Å². The van der Waals surface area contributed by atoms with E-state index in [1.165, 1.54) is 6.07 Å². The first-order valence-corrected chi connectivity index (χ1v) is 9.37. The molecule has 0 aliphatic heterocycles. The number of benzene rings is 2. The number of carboxylic acids is 1. The van der Waals surface area contributed by atoms with Crippen LogP contribution in [-0.4, -0.2) is 36.2 Å². The molecule has 0 unspecified atom stereocenters. The molecule has 0 aliphatic carbocycles. The molecule has 0 saturated heterocycles. The Morgan fingerprint density at radius 3 is 2.80 bits per heavy atom. The fraction of sp³-hybridized carbons (Fsp3) is 0.0476. The normalized spacial score (nSPS) is 11.3. The number of aromatic nitrogens is 5. The van der Waals surface area contributed by atoms with Crippen LogP contribution in [0.2, 0.25) is 5.02 Å². The number of fused-ring (bicyclic) bond motifs is 2. The molecular formula is C21H14ClN5O3. The van der Waals surface area contributed by atoms with Crippen molar-refractivity contribution in [2.24, 2.45) is 0 Å². The third-order valence-electron chi connectivity index (χ3n) is 4.77. The number of imidazole rings is 1. The topological polar surface area (TPSA) is 117 Å². The summed E-state index contributed by atoms with van der Waals surface area (Å²) in [5.74, 6) is -0.663. The molecule has 0 radical (unpaired) electrons. The van der Waals surface area contributed by atoms with Gasteiger partial charge in [0.15, 0.2) is 5.65 Å². The van der Waals surface area contributed by atoms with Gasteiger partial charge in [-0.1, -0.05) is 23.7 Å². The number of carbonyl (C=O) groups is 1. The lowest BCUT2D eigenvalue weighted by Crippen LogP contribution is -2.00. The van der Waals surface area contributed by atoms with Gasteiger partial charge in [0.05, 0.1) is 33.5 Å². The first-order chi connectivity index (χ1) is 14.5.